The summed E-state index contributed by atoms with van der Waals surface area (Å²) in [6.07, 6.45) is 2.10. The first kappa shape index (κ1) is 10.8. The molecule has 1 aromatic heterocycles. The van der Waals surface area contributed by atoms with E-state index >= 15 is 0 Å². The smallest absolute Gasteiger partial charge is 0.372 e. The molecule has 88 valence electrons. The molecule has 1 saturated carbocycles. The molecule has 0 spiro atoms. The van der Waals surface area contributed by atoms with Gasteiger partial charge in [0.05, 0.1) is 0 Å². The number of carbonyl (C=O) groups is 1. The minimum absolute atomic E-state index is 0.109. The van der Waals surface area contributed by atoms with E-state index in [1.807, 2.05) is 19.1 Å². The van der Waals surface area contributed by atoms with Gasteiger partial charge in [-0.1, -0.05) is 22.0 Å². The highest BCUT2D eigenvalue weighted by Crippen LogP contribution is 2.48. The van der Waals surface area contributed by atoms with Crippen molar-refractivity contribution in [2.75, 3.05) is 0 Å². The summed E-state index contributed by atoms with van der Waals surface area (Å²) in [5.74, 6) is -0.521. The number of rotatable bonds is 2. The molecule has 0 atom stereocenters. The van der Waals surface area contributed by atoms with Crippen molar-refractivity contribution in [3.05, 3.63) is 33.5 Å². The summed E-state index contributed by atoms with van der Waals surface area (Å²) in [5.41, 5.74) is 2.53. The van der Waals surface area contributed by atoms with Crippen LogP contribution in [0.15, 0.2) is 21.0 Å². The average Bonchev–Trinajstić information content (AvgIpc) is 3.03. The summed E-state index contributed by atoms with van der Waals surface area (Å²) in [6.45, 7) is 1.93. The van der Waals surface area contributed by atoms with E-state index in [1.165, 1.54) is 0 Å². The van der Waals surface area contributed by atoms with Crippen LogP contribution < -0.4 is 0 Å². The molecule has 0 aliphatic heterocycles. The molecule has 17 heavy (non-hydrogen) atoms. The summed E-state index contributed by atoms with van der Waals surface area (Å²) >= 11 is 3.49. The van der Waals surface area contributed by atoms with Crippen LogP contribution in [0.2, 0.25) is 0 Å². The summed E-state index contributed by atoms with van der Waals surface area (Å²) in [4.78, 5) is 11.2. The van der Waals surface area contributed by atoms with Gasteiger partial charge in [0, 0.05) is 15.4 Å². The fourth-order valence-electron chi connectivity index (χ4n) is 2.24. The van der Waals surface area contributed by atoms with Crippen molar-refractivity contribution in [2.45, 2.75) is 25.7 Å². The molecule has 1 aromatic carbocycles. The zero-order valence-electron chi connectivity index (χ0n) is 9.29. The lowest BCUT2D eigenvalue weighted by Gasteiger charge is -1.99. The molecule has 4 heteroatoms. The lowest BCUT2D eigenvalue weighted by molar-refractivity contribution is 0.0663. The minimum atomic E-state index is -0.977. The predicted molar refractivity (Wildman–Crippen MR) is 67.6 cm³/mol. The quantitative estimate of drug-likeness (QED) is 0.908. The second-order valence-electron chi connectivity index (χ2n) is 4.49. The fourth-order valence-corrected chi connectivity index (χ4v) is 2.76. The van der Waals surface area contributed by atoms with E-state index in [0.717, 1.165) is 33.8 Å². The number of aryl methyl sites for hydroxylation is 1. The first-order chi connectivity index (χ1) is 8.09. The van der Waals surface area contributed by atoms with Gasteiger partial charge in [-0.15, -0.1) is 0 Å². The van der Waals surface area contributed by atoms with Gasteiger partial charge in [0.2, 0.25) is 5.76 Å². The molecule has 0 radical (unpaired) electrons. The number of carboxylic acid groups (broad SMARTS) is 1. The molecule has 3 rings (SSSR count). The standard InChI is InChI=1S/C13H11BrO3/c1-6-2-5-8(14)10-9(7-3-4-7)12(13(15)16)17-11(6)10/h2,5,7H,3-4H2,1H3,(H,15,16). The molecular formula is C13H11BrO3. The molecule has 2 aromatic rings. The van der Waals surface area contributed by atoms with Crippen LogP contribution in [0.4, 0.5) is 0 Å². The van der Waals surface area contributed by atoms with Gasteiger partial charge in [0.15, 0.2) is 0 Å². The molecule has 1 aliphatic carbocycles. The van der Waals surface area contributed by atoms with Crippen molar-refractivity contribution >= 4 is 32.9 Å². The Labute approximate surface area is 107 Å². The Balaban J connectivity index is 2.42. The topological polar surface area (TPSA) is 50.4 Å². The number of aromatic carboxylic acids is 1. The Morgan fingerprint density at radius 3 is 2.76 bits per heavy atom. The van der Waals surface area contributed by atoms with Crippen LogP contribution in [0.25, 0.3) is 11.0 Å². The van der Waals surface area contributed by atoms with Crippen LogP contribution in [-0.4, -0.2) is 11.1 Å². The van der Waals surface area contributed by atoms with E-state index in [-0.39, 0.29) is 5.76 Å². The number of hydrogen-bond donors (Lipinski definition) is 1. The van der Waals surface area contributed by atoms with Crippen molar-refractivity contribution in [3.63, 3.8) is 0 Å². The first-order valence-electron chi connectivity index (χ1n) is 5.54. The van der Waals surface area contributed by atoms with Crippen molar-refractivity contribution in [1.82, 2.24) is 0 Å². The molecule has 1 aliphatic rings. The Bertz CT molecular complexity index is 623. The molecule has 1 N–H and O–H groups in total. The number of benzene rings is 1. The van der Waals surface area contributed by atoms with Gasteiger partial charge < -0.3 is 9.52 Å². The van der Waals surface area contributed by atoms with Crippen molar-refractivity contribution in [1.29, 1.82) is 0 Å². The highest BCUT2D eigenvalue weighted by Gasteiger charge is 2.34. The zero-order valence-corrected chi connectivity index (χ0v) is 10.9. The maximum Gasteiger partial charge on any atom is 0.372 e. The molecule has 0 bridgehead atoms. The van der Waals surface area contributed by atoms with Gasteiger partial charge in [-0.05, 0) is 37.3 Å². The average molecular weight is 295 g/mol. The largest absolute Gasteiger partial charge is 0.475 e. The van der Waals surface area contributed by atoms with Crippen LogP contribution in [-0.2, 0) is 0 Å². The normalized spacial score (nSPS) is 15.4. The molecule has 3 nitrogen and oxygen atoms in total. The molecule has 0 amide bonds. The number of furan rings is 1. The van der Waals surface area contributed by atoms with Gasteiger partial charge in [0.25, 0.3) is 0 Å². The highest BCUT2D eigenvalue weighted by atomic mass is 79.9. The zero-order chi connectivity index (χ0) is 12.2. The molecular weight excluding hydrogens is 284 g/mol. The minimum Gasteiger partial charge on any atom is -0.475 e. The van der Waals surface area contributed by atoms with Crippen LogP contribution >= 0.6 is 15.9 Å². The summed E-state index contributed by atoms with van der Waals surface area (Å²) in [5, 5.41) is 10.2. The predicted octanol–water partition coefficient (Wildman–Crippen LogP) is 4.08. The Morgan fingerprint density at radius 1 is 1.47 bits per heavy atom. The third-order valence-corrected chi connectivity index (χ3v) is 3.86. The molecule has 0 unspecified atom stereocenters. The lowest BCUT2D eigenvalue weighted by atomic mass is 10.0. The summed E-state index contributed by atoms with van der Waals surface area (Å²) in [6, 6.07) is 3.88. The van der Waals surface area contributed by atoms with Gasteiger partial charge in [-0.3, -0.25) is 0 Å². The van der Waals surface area contributed by atoms with Crippen LogP contribution in [0, 0.1) is 6.92 Å². The van der Waals surface area contributed by atoms with Crippen molar-refractivity contribution in [3.8, 4) is 0 Å². The third-order valence-electron chi connectivity index (χ3n) is 3.20. The van der Waals surface area contributed by atoms with E-state index < -0.39 is 5.97 Å². The maximum atomic E-state index is 11.2. The number of fused-ring (bicyclic) bond motifs is 1. The number of hydrogen-bond acceptors (Lipinski definition) is 2. The highest BCUT2D eigenvalue weighted by molar-refractivity contribution is 9.10. The Kier molecular flexibility index (Phi) is 2.30. The number of carboxylic acids is 1. The third kappa shape index (κ3) is 1.59. The van der Waals surface area contributed by atoms with E-state index in [0.29, 0.717) is 11.5 Å². The second kappa shape index (κ2) is 3.60. The molecule has 1 heterocycles. The first-order valence-corrected chi connectivity index (χ1v) is 6.33. The van der Waals surface area contributed by atoms with E-state index in [1.54, 1.807) is 0 Å². The molecule has 1 fully saturated rings. The van der Waals surface area contributed by atoms with E-state index in [4.69, 9.17) is 4.42 Å². The van der Waals surface area contributed by atoms with Crippen LogP contribution in [0.5, 0.6) is 0 Å². The summed E-state index contributed by atoms with van der Waals surface area (Å²) in [7, 11) is 0. The van der Waals surface area contributed by atoms with Crippen LogP contribution in [0.3, 0.4) is 0 Å². The lowest BCUT2D eigenvalue weighted by Crippen LogP contribution is -1.97. The fraction of sp³-hybridized carbons (Fsp3) is 0.308. The van der Waals surface area contributed by atoms with Gasteiger partial charge in [-0.25, -0.2) is 4.79 Å². The Morgan fingerprint density at radius 2 is 2.18 bits per heavy atom. The maximum absolute atomic E-state index is 11.2. The van der Waals surface area contributed by atoms with Crippen LogP contribution in [0.1, 0.15) is 40.4 Å². The van der Waals surface area contributed by atoms with Crippen molar-refractivity contribution in [2.24, 2.45) is 0 Å². The van der Waals surface area contributed by atoms with E-state index in [2.05, 4.69) is 15.9 Å². The van der Waals surface area contributed by atoms with Gasteiger partial charge >= 0.3 is 5.97 Å². The summed E-state index contributed by atoms with van der Waals surface area (Å²) < 4.78 is 6.46. The Hall–Kier alpha value is -1.29. The second-order valence-corrected chi connectivity index (χ2v) is 5.35. The van der Waals surface area contributed by atoms with Gasteiger partial charge in [-0.2, -0.15) is 0 Å². The number of halogens is 1. The monoisotopic (exact) mass is 294 g/mol. The van der Waals surface area contributed by atoms with Crippen molar-refractivity contribution < 1.29 is 14.3 Å². The van der Waals surface area contributed by atoms with E-state index in [9.17, 15) is 9.90 Å². The van der Waals surface area contributed by atoms with Gasteiger partial charge in [0.1, 0.15) is 5.58 Å². The SMILES string of the molecule is Cc1ccc(Br)c2c(C3CC3)c(C(=O)O)oc12. The molecule has 0 saturated heterocycles.